The lowest BCUT2D eigenvalue weighted by Gasteiger charge is -2.07. The lowest BCUT2D eigenvalue weighted by molar-refractivity contribution is 0.371. The number of aryl methyl sites for hydroxylation is 1. The monoisotopic (exact) mass is 237 g/mol. The number of anilines is 1. The van der Waals surface area contributed by atoms with E-state index in [1.54, 1.807) is 13.1 Å². The van der Waals surface area contributed by atoms with Crippen molar-refractivity contribution >= 4 is 5.82 Å². The highest BCUT2D eigenvalue weighted by Crippen LogP contribution is 2.37. The topological polar surface area (TPSA) is 73.3 Å². The molecule has 90 valence electrons. The Hall–Kier alpha value is -2.24. The number of phenolic OH excluding ortho intramolecular Hbond substituents is 1. The average molecular weight is 237 g/mol. The summed E-state index contributed by atoms with van der Waals surface area (Å²) in [7, 11) is 3.01. The van der Waals surface area contributed by atoms with Crippen LogP contribution in [0.2, 0.25) is 0 Å². The van der Waals surface area contributed by atoms with Crippen LogP contribution in [-0.4, -0.2) is 22.0 Å². The number of nitrogen functional groups attached to an aromatic ring is 1. The predicted octanol–water partition coefficient (Wildman–Crippen LogP) is 1.52. The Morgan fingerprint density at radius 1 is 1.41 bits per heavy atom. The van der Waals surface area contributed by atoms with Gasteiger partial charge in [-0.3, -0.25) is 4.68 Å². The summed E-state index contributed by atoms with van der Waals surface area (Å²) in [4.78, 5) is 0. The van der Waals surface area contributed by atoms with E-state index in [1.165, 1.54) is 17.9 Å². The van der Waals surface area contributed by atoms with Crippen LogP contribution < -0.4 is 10.5 Å². The molecule has 6 heteroatoms. The van der Waals surface area contributed by atoms with Gasteiger partial charge in [0.05, 0.1) is 18.4 Å². The van der Waals surface area contributed by atoms with Crippen LogP contribution in [0.25, 0.3) is 11.3 Å². The number of phenols is 1. The Balaban J connectivity index is 2.62. The molecule has 0 radical (unpaired) electrons. The molecule has 1 aromatic carbocycles. The maximum absolute atomic E-state index is 13.3. The number of methoxy groups -OCH3 is 1. The van der Waals surface area contributed by atoms with E-state index in [9.17, 15) is 9.50 Å². The predicted molar refractivity (Wildman–Crippen MR) is 61.2 cm³/mol. The largest absolute Gasteiger partial charge is 0.504 e. The molecule has 17 heavy (non-hydrogen) atoms. The lowest BCUT2D eigenvalue weighted by atomic mass is 10.1. The molecule has 0 aliphatic carbocycles. The van der Waals surface area contributed by atoms with Crippen LogP contribution in [-0.2, 0) is 7.05 Å². The normalized spacial score (nSPS) is 10.5. The van der Waals surface area contributed by atoms with Gasteiger partial charge in [-0.1, -0.05) is 0 Å². The first-order chi connectivity index (χ1) is 8.02. The van der Waals surface area contributed by atoms with Gasteiger partial charge in [-0.25, -0.2) is 4.39 Å². The van der Waals surface area contributed by atoms with Crippen molar-refractivity contribution in [1.82, 2.24) is 9.78 Å². The lowest BCUT2D eigenvalue weighted by Crippen LogP contribution is -1.96. The highest BCUT2D eigenvalue weighted by atomic mass is 19.1. The molecule has 2 aromatic rings. The third-order valence-corrected chi connectivity index (χ3v) is 2.45. The third kappa shape index (κ3) is 1.89. The number of halogens is 1. The highest BCUT2D eigenvalue weighted by molar-refractivity contribution is 5.72. The van der Waals surface area contributed by atoms with Crippen molar-refractivity contribution in [3.05, 3.63) is 24.0 Å². The summed E-state index contributed by atoms with van der Waals surface area (Å²) >= 11 is 0. The van der Waals surface area contributed by atoms with Gasteiger partial charge >= 0.3 is 0 Å². The number of hydrogen-bond donors (Lipinski definition) is 2. The smallest absolute Gasteiger partial charge is 0.167 e. The van der Waals surface area contributed by atoms with Crippen molar-refractivity contribution in [3.8, 4) is 22.8 Å². The zero-order chi connectivity index (χ0) is 12.6. The molecule has 0 spiro atoms. The van der Waals surface area contributed by atoms with Gasteiger partial charge in [0.25, 0.3) is 0 Å². The molecular weight excluding hydrogens is 225 g/mol. The molecule has 1 heterocycles. The van der Waals surface area contributed by atoms with Crippen LogP contribution in [0, 0.1) is 5.82 Å². The van der Waals surface area contributed by atoms with Gasteiger partial charge < -0.3 is 15.6 Å². The van der Waals surface area contributed by atoms with E-state index in [-0.39, 0.29) is 17.1 Å². The van der Waals surface area contributed by atoms with E-state index in [0.717, 1.165) is 6.07 Å². The van der Waals surface area contributed by atoms with E-state index in [2.05, 4.69) is 5.10 Å². The molecule has 5 nitrogen and oxygen atoms in total. The molecule has 1 aromatic heterocycles. The van der Waals surface area contributed by atoms with Gasteiger partial charge in [0.15, 0.2) is 11.5 Å². The number of ether oxygens (including phenoxy) is 1. The first-order valence-electron chi connectivity index (χ1n) is 4.89. The number of nitrogens with zero attached hydrogens (tertiary/aromatic N) is 2. The van der Waals surface area contributed by atoms with Crippen molar-refractivity contribution < 1.29 is 14.2 Å². The van der Waals surface area contributed by atoms with Crippen molar-refractivity contribution in [2.75, 3.05) is 12.8 Å². The van der Waals surface area contributed by atoms with Crippen LogP contribution in [0.5, 0.6) is 11.5 Å². The SMILES string of the molecule is COc1cc(F)cc(-c2cc(N)n(C)n2)c1O. The zero-order valence-electron chi connectivity index (χ0n) is 9.44. The summed E-state index contributed by atoms with van der Waals surface area (Å²) in [5.41, 5.74) is 6.26. The van der Waals surface area contributed by atoms with Crippen molar-refractivity contribution in [3.63, 3.8) is 0 Å². The quantitative estimate of drug-likeness (QED) is 0.830. The molecule has 0 bridgehead atoms. The fourth-order valence-corrected chi connectivity index (χ4v) is 1.54. The number of aromatic hydroxyl groups is 1. The fourth-order valence-electron chi connectivity index (χ4n) is 1.54. The van der Waals surface area contributed by atoms with Crippen LogP contribution in [0.3, 0.4) is 0 Å². The number of hydrogen-bond acceptors (Lipinski definition) is 4. The Kier molecular flexibility index (Phi) is 2.63. The molecule has 0 saturated carbocycles. The Labute approximate surface area is 97.2 Å². The average Bonchev–Trinajstić information content (AvgIpc) is 2.62. The molecule has 0 amide bonds. The van der Waals surface area contributed by atoms with Gasteiger partial charge in [0, 0.05) is 19.2 Å². The molecule has 0 saturated heterocycles. The van der Waals surface area contributed by atoms with E-state index in [0.29, 0.717) is 11.5 Å². The summed E-state index contributed by atoms with van der Waals surface area (Å²) in [5.74, 6) is -0.197. The molecule has 0 aliphatic rings. The minimum atomic E-state index is -0.515. The summed E-state index contributed by atoms with van der Waals surface area (Å²) in [6, 6.07) is 3.83. The number of aromatic nitrogens is 2. The minimum Gasteiger partial charge on any atom is -0.504 e. The maximum atomic E-state index is 13.3. The molecule has 0 atom stereocenters. The van der Waals surface area contributed by atoms with Gasteiger partial charge in [-0.15, -0.1) is 0 Å². The van der Waals surface area contributed by atoms with Crippen LogP contribution in [0.4, 0.5) is 10.2 Å². The molecule has 0 fully saturated rings. The first kappa shape index (κ1) is 11.3. The maximum Gasteiger partial charge on any atom is 0.167 e. The third-order valence-electron chi connectivity index (χ3n) is 2.45. The van der Waals surface area contributed by atoms with E-state index in [1.807, 2.05) is 0 Å². The van der Waals surface area contributed by atoms with Gasteiger partial charge in [-0.05, 0) is 6.07 Å². The number of nitrogens with two attached hydrogens (primary N) is 1. The van der Waals surface area contributed by atoms with Gasteiger partial charge in [0.2, 0.25) is 0 Å². The molecule has 0 aliphatic heterocycles. The summed E-state index contributed by atoms with van der Waals surface area (Å²) in [6.07, 6.45) is 0. The zero-order valence-corrected chi connectivity index (χ0v) is 9.44. The molecule has 3 N–H and O–H groups in total. The minimum absolute atomic E-state index is 0.0595. The fraction of sp³-hybridized carbons (Fsp3) is 0.182. The summed E-state index contributed by atoms with van der Waals surface area (Å²) < 4.78 is 19.6. The Bertz CT molecular complexity index is 547. The number of benzene rings is 1. The summed E-state index contributed by atoms with van der Waals surface area (Å²) in [6.45, 7) is 0. The first-order valence-corrected chi connectivity index (χ1v) is 4.89. The Morgan fingerprint density at radius 3 is 2.65 bits per heavy atom. The van der Waals surface area contributed by atoms with Crippen molar-refractivity contribution in [1.29, 1.82) is 0 Å². The number of rotatable bonds is 2. The van der Waals surface area contributed by atoms with Crippen LogP contribution in [0.15, 0.2) is 18.2 Å². The summed E-state index contributed by atoms with van der Waals surface area (Å²) in [5, 5.41) is 14.0. The van der Waals surface area contributed by atoms with Crippen molar-refractivity contribution in [2.24, 2.45) is 7.05 Å². The molecular formula is C11H12FN3O2. The Morgan fingerprint density at radius 2 is 2.12 bits per heavy atom. The van der Waals surface area contributed by atoms with Crippen LogP contribution >= 0.6 is 0 Å². The highest BCUT2D eigenvalue weighted by Gasteiger charge is 2.15. The second kappa shape index (κ2) is 3.97. The standard InChI is InChI=1S/C11H12FN3O2/c1-15-10(13)5-8(14-15)7-3-6(12)4-9(17-2)11(7)16/h3-5,16H,13H2,1-2H3. The van der Waals surface area contributed by atoms with Gasteiger partial charge in [-0.2, -0.15) is 5.10 Å². The van der Waals surface area contributed by atoms with E-state index >= 15 is 0 Å². The molecule has 0 unspecified atom stereocenters. The second-order valence-electron chi connectivity index (χ2n) is 3.58. The molecule has 2 rings (SSSR count). The van der Waals surface area contributed by atoms with Crippen molar-refractivity contribution in [2.45, 2.75) is 0 Å². The second-order valence-corrected chi connectivity index (χ2v) is 3.58. The van der Waals surface area contributed by atoms with E-state index in [4.69, 9.17) is 10.5 Å². The van der Waals surface area contributed by atoms with Gasteiger partial charge in [0.1, 0.15) is 11.6 Å². The van der Waals surface area contributed by atoms with Crippen LogP contribution in [0.1, 0.15) is 0 Å². The van der Waals surface area contributed by atoms with E-state index < -0.39 is 5.82 Å².